The Balaban J connectivity index is 3.42. The number of rotatable bonds is 4. The molecule has 0 aliphatic heterocycles. The molecule has 21 heavy (non-hydrogen) atoms. The van der Waals surface area contributed by atoms with Gasteiger partial charge in [-0.15, -0.1) is 0 Å². The van der Waals surface area contributed by atoms with Gasteiger partial charge in [-0.25, -0.2) is 0 Å². The zero-order valence-electron chi connectivity index (χ0n) is 10.5. The highest BCUT2D eigenvalue weighted by Crippen LogP contribution is 2.41. The Hall–Kier alpha value is -1.68. The third kappa shape index (κ3) is 3.50. The number of halogens is 4. The lowest BCUT2D eigenvalue weighted by Crippen LogP contribution is -2.44. The summed E-state index contributed by atoms with van der Waals surface area (Å²) in [5.41, 5.74) is 0.0259. The number of amides is 1. The van der Waals surface area contributed by atoms with E-state index in [-0.39, 0.29) is 5.56 Å². The van der Waals surface area contributed by atoms with Crippen LogP contribution in [0.1, 0.15) is 22.9 Å². The van der Waals surface area contributed by atoms with Gasteiger partial charge in [-0.3, -0.25) is 14.9 Å². The molecule has 116 valence electrons. The van der Waals surface area contributed by atoms with E-state index in [4.69, 9.17) is 5.73 Å². The molecule has 0 spiro atoms. The number of carbonyl (C=O) groups excluding carboxylic acids is 1. The maximum Gasteiger partial charge on any atom is 0.423 e. The predicted molar refractivity (Wildman–Crippen MR) is 69.6 cm³/mol. The van der Waals surface area contributed by atoms with E-state index >= 15 is 0 Å². The number of alkyl halides is 4. The molecule has 6 nitrogen and oxygen atoms in total. The molecule has 0 radical (unpaired) electrons. The monoisotopic (exact) mass is 370 g/mol. The van der Waals surface area contributed by atoms with E-state index in [1.54, 1.807) is 0 Å². The molecule has 0 aliphatic rings. The van der Waals surface area contributed by atoms with Crippen LogP contribution in [0.4, 0.5) is 18.9 Å². The normalized spacial score (nSPS) is 16.1. The fraction of sp³-hybridized carbons (Fsp3) is 0.364. The van der Waals surface area contributed by atoms with Crippen LogP contribution in [0.15, 0.2) is 18.2 Å². The van der Waals surface area contributed by atoms with Gasteiger partial charge in [0.25, 0.3) is 11.6 Å². The fourth-order valence-electron chi connectivity index (χ4n) is 1.55. The van der Waals surface area contributed by atoms with Crippen molar-refractivity contribution in [1.82, 2.24) is 0 Å². The second kappa shape index (κ2) is 5.60. The van der Waals surface area contributed by atoms with E-state index in [0.29, 0.717) is 12.1 Å². The van der Waals surface area contributed by atoms with Gasteiger partial charge >= 0.3 is 6.18 Å². The number of hydrogen-bond acceptors (Lipinski definition) is 4. The van der Waals surface area contributed by atoms with E-state index in [1.165, 1.54) is 0 Å². The Morgan fingerprint density at radius 2 is 2.00 bits per heavy atom. The second-order valence-corrected chi connectivity index (χ2v) is 5.32. The molecule has 0 saturated carbocycles. The topological polar surface area (TPSA) is 106 Å². The van der Waals surface area contributed by atoms with Crippen molar-refractivity contribution in [2.45, 2.75) is 23.5 Å². The van der Waals surface area contributed by atoms with Gasteiger partial charge in [0.2, 0.25) is 0 Å². The van der Waals surface area contributed by atoms with Crippen molar-refractivity contribution in [2.75, 3.05) is 0 Å². The quantitative estimate of drug-likeness (QED) is 0.481. The fourth-order valence-corrected chi connectivity index (χ4v) is 2.06. The van der Waals surface area contributed by atoms with Crippen molar-refractivity contribution >= 4 is 27.5 Å². The number of primary amides is 1. The van der Waals surface area contributed by atoms with Crippen molar-refractivity contribution < 1.29 is 28.0 Å². The SMILES string of the molecule is CC(O)(C(N)=O)C(Br)c1ccc([N+](=O)[O-])c(C(F)(F)F)c1. The minimum Gasteiger partial charge on any atom is -0.379 e. The number of carbonyl (C=O) groups is 1. The van der Waals surface area contributed by atoms with Crippen LogP contribution < -0.4 is 5.73 Å². The van der Waals surface area contributed by atoms with Crippen LogP contribution >= 0.6 is 15.9 Å². The van der Waals surface area contributed by atoms with Crippen LogP contribution in [-0.4, -0.2) is 21.5 Å². The second-order valence-electron chi connectivity index (χ2n) is 4.41. The summed E-state index contributed by atoms with van der Waals surface area (Å²) >= 11 is 2.88. The van der Waals surface area contributed by atoms with E-state index in [2.05, 4.69) is 15.9 Å². The van der Waals surface area contributed by atoms with Crippen LogP contribution in [0.3, 0.4) is 0 Å². The van der Waals surface area contributed by atoms with Gasteiger partial charge in [0.1, 0.15) is 5.56 Å². The molecular formula is C11H10BrF3N2O4. The molecule has 1 aromatic carbocycles. The third-order valence-electron chi connectivity index (χ3n) is 2.81. The smallest absolute Gasteiger partial charge is 0.379 e. The first-order valence-electron chi connectivity index (χ1n) is 5.41. The highest BCUT2D eigenvalue weighted by Gasteiger charge is 2.42. The molecule has 0 bridgehead atoms. The third-order valence-corrected chi connectivity index (χ3v) is 4.23. The average Bonchev–Trinajstić information content (AvgIpc) is 2.35. The van der Waals surface area contributed by atoms with E-state index < -0.39 is 38.7 Å². The van der Waals surface area contributed by atoms with Crippen molar-refractivity contribution in [3.05, 3.63) is 39.4 Å². The standard InChI is InChI=1S/C11H10BrF3N2O4/c1-10(19,9(16)18)8(12)5-2-3-7(17(20)21)6(4-5)11(13,14)15/h2-4,8,19H,1H3,(H2,16,18). The van der Waals surface area contributed by atoms with Gasteiger partial charge in [-0.05, 0) is 18.6 Å². The molecule has 0 fully saturated rings. The minimum atomic E-state index is -4.95. The zero-order chi connectivity index (χ0) is 16.6. The molecule has 0 saturated heterocycles. The zero-order valence-corrected chi connectivity index (χ0v) is 12.1. The van der Waals surface area contributed by atoms with Crippen molar-refractivity contribution in [2.24, 2.45) is 5.73 Å². The molecule has 2 atom stereocenters. The highest BCUT2D eigenvalue weighted by atomic mass is 79.9. The maximum absolute atomic E-state index is 12.8. The number of benzene rings is 1. The Bertz CT molecular complexity index is 589. The lowest BCUT2D eigenvalue weighted by molar-refractivity contribution is -0.388. The summed E-state index contributed by atoms with van der Waals surface area (Å²) in [5.74, 6) is -1.16. The molecule has 3 N–H and O–H groups in total. The summed E-state index contributed by atoms with van der Waals surface area (Å²) in [5, 5.41) is 20.5. The van der Waals surface area contributed by atoms with Crippen LogP contribution in [0.2, 0.25) is 0 Å². The molecule has 10 heteroatoms. The minimum absolute atomic E-state index is 0.170. The van der Waals surface area contributed by atoms with Gasteiger partial charge < -0.3 is 10.8 Å². The van der Waals surface area contributed by atoms with Gasteiger partial charge in [0, 0.05) is 6.07 Å². The van der Waals surface area contributed by atoms with Crippen LogP contribution in [0, 0.1) is 10.1 Å². The Morgan fingerprint density at radius 3 is 2.38 bits per heavy atom. The van der Waals surface area contributed by atoms with E-state index in [1.807, 2.05) is 0 Å². The largest absolute Gasteiger partial charge is 0.423 e. The van der Waals surface area contributed by atoms with E-state index in [0.717, 1.165) is 13.0 Å². The number of aliphatic hydroxyl groups is 1. The molecule has 0 aromatic heterocycles. The first kappa shape index (κ1) is 17.4. The molecule has 1 aromatic rings. The van der Waals surface area contributed by atoms with Gasteiger partial charge in [-0.1, -0.05) is 22.0 Å². The van der Waals surface area contributed by atoms with Gasteiger partial charge in [-0.2, -0.15) is 13.2 Å². The molecule has 1 amide bonds. The summed E-state index contributed by atoms with van der Waals surface area (Å²) in [4.78, 5) is 19.3. The van der Waals surface area contributed by atoms with Crippen LogP contribution in [-0.2, 0) is 11.0 Å². The van der Waals surface area contributed by atoms with Crippen LogP contribution in [0.5, 0.6) is 0 Å². The summed E-state index contributed by atoms with van der Waals surface area (Å²) in [6.45, 7) is 1.02. The van der Waals surface area contributed by atoms with Gasteiger partial charge in [0.05, 0.1) is 9.75 Å². The summed E-state index contributed by atoms with van der Waals surface area (Å²) in [6.07, 6.45) is -4.95. The number of hydrogen-bond donors (Lipinski definition) is 2. The molecule has 2 unspecified atom stereocenters. The van der Waals surface area contributed by atoms with Crippen molar-refractivity contribution in [1.29, 1.82) is 0 Å². The lowest BCUT2D eigenvalue weighted by atomic mass is 9.94. The molecule has 0 heterocycles. The van der Waals surface area contributed by atoms with Gasteiger partial charge in [0.15, 0.2) is 5.60 Å². The summed E-state index contributed by atoms with van der Waals surface area (Å²) in [7, 11) is 0. The van der Waals surface area contributed by atoms with Crippen molar-refractivity contribution in [3.8, 4) is 0 Å². The summed E-state index contributed by atoms with van der Waals surface area (Å²) in [6, 6.07) is 2.16. The number of nitrogens with zero attached hydrogens (tertiary/aromatic N) is 1. The molecule has 1 rings (SSSR count). The van der Waals surface area contributed by atoms with E-state index in [9.17, 15) is 33.2 Å². The Morgan fingerprint density at radius 1 is 1.48 bits per heavy atom. The lowest BCUT2D eigenvalue weighted by Gasteiger charge is -2.26. The predicted octanol–water partition coefficient (Wildman–Crippen LogP) is 2.29. The molecular weight excluding hydrogens is 361 g/mol. The van der Waals surface area contributed by atoms with Crippen molar-refractivity contribution in [3.63, 3.8) is 0 Å². The number of nitro groups is 1. The first-order chi connectivity index (χ1) is 9.39. The summed E-state index contributed by atoms with van der Waals surface area (Å²) < 4.78 is 38.5. The number of nitro benzene ring substituents is 1. The highest BCUT2D eigenvalue weighted by molar-refractivity contribution is 9.09. The Kier molecular flexibility index (Phi) is 4.63. The average molecular weight is 371 g/mol. The molecule has 0 aliphatic carbocycles. The van der Waals surface area contributed by atoms with Crippen LogP contribution in [0.25, 0.3) is 0 Å². The number of nitrogens with two attached hydrogens (primary N) is 1. The first-order valence-corrected chi connectivity index (χ1v) is 6.32. The maximum atomic E-state index is 12.8. The Labute approximate surface area is 125 Å².